The molecule has 0 bridgehead atoms. The summed E-state index contributed by atoms with van der Waals surface area (Å²) in [5, 5.41) is 2.90. The van der Waals surface area contributed by atoms with Gasteiger partial charge < -0.3 is 24.8 Å². The maximum atomic E-state index is 3.69. The fraction of sp³-hybridized carbons (Fsp3) is 0.116. The second-order valence-corrected chi connectivity index (χ2v) is 13.3. The van der Waals surface area contributed by atoms with E-state index in [1.54, 1.807) is 0 Å². The van der Waals surface area contributed by atoms with Gasteiger partial charge in [0.2, 0.25) is 0 Å². The van der Waals surface area contributed by atoms with Gasteiger partial charge >= 0.3 is 26.2 Å². The van der Waals surface area contributed by atoms with Crippen molar-refractivity contribution in [1.82, 2.24) is 0 Å². The van der Waals surface area contributed by atoms with Crippen molar-refractivity contribution in [3.63, 3.8) is 0 Å². The van der Waals surface area contributed by atoms with Gasteiger partial charge in [-0.05, 0) is 46.2 Å². The van der Waals surface area contributed by atoms with Crippen molar-refractivity contribution in [3.8, 4) is 22.3 Å². The van der Waals surface area contributed by atoms with E-state index < -0.39 is 0 Å². The number of fused-ring (bicyclic) bond motifs is 4. The standard InChI is InChI=1S/C31H25.C12H11Si.2ClH.Zr/c1-2-10-23-20-29-24(21-11-4-3-5-12-21)15-8-17-27(29)31(23)28-18-9-16-26-25-14-7-6-13-22(25)19-30(26)28;1-3-7-11(8-4-1)13-12-9-5-2-6-10-12;;;/h3-9,11-17,20,31H,2,10,19H2,1H3;1-10,13H;2*1H;/q-1;;;;+3/p-2. The summed E-state index contributed by atoms with van der Waals surface area (Å²) in [4.78, 5) is 0. The van der Waals surface area contributed by atoms with Gasteiger partial charge in [0.1, 0.15) is 9.52 Å². The van der Waals surface area contributed by atoms with E-state index >= 15 is 0 Å². The molecule has 47 heavy (non-hydrogen) atoms. The number of hydrogen-bond acceptors (Lipinski definition) is 0. The topological polar surface area (TPSA) is 0 Å². The minimum Gasteiger partial charge on any atom is -1.00 e. The molecule has 0 amide bonds. The third-order valence-electron chi connectivity index (χ3n) is 8.81. The number of allylic oxidation sites excluding steroid dienone is 1. The van der Waals surface area contributed by atoms with Crippen molar-refractivity contribution in [2.75, 3.05) is 0 Å². The van der Waals surface area contributed by atoms with E-state index in [1.807, 2.05) is 0 Å². The average molecular weight is 743 g/mol. The van der Waals surface area contributed by atoms with Crippen molar-refractivity contribution >= 4 is 26.0 Å². The zero-order valence-corrected chi connectivity index (χ0v) is 31.6. The van der Waals surface area contributed by atoms with Crippen LogP contribution in [0, 0.1) is 6.07 Å². The van der Waals surface area contributed by atoms with Crippen LogP contribution in [0.15, 0.2) is 151 Å². The maximum Gasteiger partial charge on any atom is 3.00 e. The molecule has 230 valence electrons. The Kier molecular flexibility index (Phi) is 13.4. The van der Waals surface area contributed by atoms with Crippen LogP contribution in [0.4, 0.5) is 0 Å². The molecule has 8 rings (SSSR count). The molecule has 0 N–H and O–H groups in total. The van der Waals surface area contributed by atoms with Crippen LogP contribution in [0.2, 0.25) is 0 Å². The molecule has 2 aliphatic carbocycles. The Morgan fingerprint density at radius 1 is 0.638 bits per heavy atom. The molecule has 0 fully saturated rings. The van der Waals surface area contributed by atoms with Crippen LogP contribution in [0.25, 0.3) is 28.3 Å². The molecular weight excluding hydrogens is 707 g/mol. The molecule has 0 nitrogen and oxygen atoms in total. The first-order valence-electron chi connectivity index (χ1n) is 15.8. The molecule has 0 aliphatic heterocycles. The number of benzene rings is 6. The molecule has 1 atom stereocenters. The SMILES string of the molecule is CCCC1=Cc2c(-c3ccccc3)cccc2C1c1[c-]ccc2c1Cc1ccccc1-2.[Cl-].[Cl-].[Zr+3].c1ccc([SiH]c2ccccc2)cc1. The number of rotatable bonds is 6. The summed E-state index contributed by atoms with van der Waals surface area (Å²) in [7, 11) is 0.271. The first kappa shape index (κ1) is 36.6. The van der Waals surface area contributed by atoms with Gasteiger partial charge in [-0.15, -0.1) is 16.7 Å². The largest absolute Gasteiger partial charge is 3.00 e. The van der Waals surface area contributed by atoms with E-state index in [1.165, 1.54) is 66.0 Å². The Labute approximate surface area is 314 Å². The molecular formula is C43H36Cl2SiZr. The van der Waals surface area contributed by atoms with E-state index in [0.717, 1.165) is 19.3 Å². The van der Waals surface area contributed by atoms with Gasteiger partial charge in [-0.2, -0.15) is 18.2 Å². The monoisotopic (exact) mass is 740 g/mol. The first-order chi connectivity index (χ1) is 21.8. The van der Waals surface area contributed by atoms with Gasteiger partial charge in [0, 0.05) is 5.92 Å². The zero-order chi connectivity index (χ0) is 29.7. The maximum absolute atomic E-state index is 3.69. The summed E-state index contributed by atoms with van der Waals surface area (Å²) in [5.74, 6) is 0.308. The average Bonchev–Trinajstić information content (AvgIpc) is 3.65. The quantitative estimate of drug-likeness (QED) is 0.182. The molecule has 0 spiro atoms. The van der Waals surface area contributed by atoms with Crippen molar-refractivity contribution in [3.05, 3.63) is 185 Å². The molecule has 1 unspecified atom stereocenters. The van der Waals surface area contributed by atoms with Gasteiger partial charge in [0.25, 0.3) is 0 Å². The van der Waals surface area contributed by atoms with Crippen LogP contribution >= 0.6 is 0 Å². The van der Waals surface area contributed by atoms with Crippen molar-refractivity contribution in [2.24, 2.45) is 0 Å². The summed E-state index contributed by atoms with van der Waals surface area (Å²) in [6, 6.07) is 55.9. The smallest absolute Gasteiger partial charge is 1.00 e. The molecule has 2 radical (unpaired) electrons. The zero-order valence-electron chi connectivity index (χ0n) is 26.5. The minimum atomic E-state index is 0. The predicted octanol–water partition coefficient (Wildman–Crippen LogP) is 3.13. The minimum absolute atomic E-state index is 0. The predicted molar refractivity (Wildman–Crippen MR) is 189 cm³/mol. The molecule has 2 aliphatic rings. The van der Waals surface area contributed by atoms with E-state index in [4.69, 9.17) is 0 Å². The number of hydrogen-bond donors (Lipinski definition) is 0. The second kappa shape index (κ2) is 17.2. The Hall–Kier alpha value is -3.26. The van der Waals surface area contributed by atoms with Gasteiger partial charge in [0.15, 0.2) is 0 Å². The summed E-state index contributed by atoms with van der Waals surface area (Å²) in [5.41, 5.74) is 14.1. The van der Waals surface area contributed by atoms with Crippen LogP contribution in [0.3, 0.4) is 0 Å². The normalized spacial score (nSPS) is 13.2. The molecule has 6 aromatic carbocycles. The summed E-state index contributed by atoms with van der Waals surface area (Å²) < 4.78 is 0. The molecule has 0 aromatic heterocycles. The summed E-state index contributed by atoms with van der Waals surface area (Å²) in [6.45, 7) is 2.29. The van der Waals surface area contributed by atoms with Crippen LogP contribution in [-0.4, -0.2) is 9.52 Å². The van der Waals surface area contributed by atoms with Crippen LogP contribution in [-0.2, 0) is 32.6 Å². The van der Waals surface area contributed by atoms with Crippen LogP contribution < -0.4 is 35.2 Å². The molecule has 0 saturated heterocycles. The van der Waals surface area contributed by atoms with E-state index in [-0.39, 0.29) is 60.5 Å². The Morgan fingerprint density at radius 3 is 1.89 bits per heavy atom. The van der Waals surface area contributed by atoms with Gasteiger partial charge in [-0.25, -0.2) is 0 Å². The Balaban J connectivity index is 0.000000266. The van der Waals surface area contributed by atoms with Gasteiger partial charge in [0.05, 0.1) is 0 Å². The van der Waals surface area contributed by atoms with Crippen molar-refractivity contribution in [1.29, 1.82) is 0 Å². The molecule has 0 heterocycles. The molecule has 4 heteroatoms. The number of halogens is 2. The van der Waals surface area contributed by atoms with Gasteiger partial charge in [-0.1, -0.05) is 169 Å². The van der Waals surface area contributed by atoms with Gasteiger partial charge in [-0.3, -0.25) is 0 Å². The molecule has 0 saturated carbocycles. The second-order valence-electron chi connectivity index (χ2n) is 11.7. The third-order valence-corrected chi connectivity index (χ3v) is 10.2. The fourth-order valence-electron chi connectivity index (χ4n) is 6.85. The molecule has 6 aromatic rings. The van der Waals surface area contributed by atoms with E-state index in [0.29, 0.717) is 5.92 Å². The van der Waals surface area contributed by atoms with E-state index in [2.05, 4.69) is 165 Å². The first-order valence-corrected chi connectivity index (χ1v) is 16.9. The third kappa shape index (κ3) is 7.90. The van der Waals surface area contributed by atoms with Crippen molar-refractivity contribution in [2.45, 2.75) is 32.1 Å². The summed E-state index contributed by atoms with van der Waals surface area (Å²) in [6.07, 6.45) is 5.77. The fourth-order valence-corrected chi connectivity index (χ4v) is 8.06. The summed E-state index contributed by atoms with van der Waals surface area (Å²) >= 11 is 0. The van der Waals surface area contributed by atoms with E-state index in [9.17, 15) is 0 Å². The van der Waals surface area contributed by atoms with Crippen LogP contribution in [0.5, 0.6) is 0 Å². The van der Waals surface area contributed by atoms with Crippen LogP contribution in [0.1, 0.15) is 53.5 Å². The Morgan fingerprint density at radius 2 is 1.23 bits per heavy atom. The Bertz CT molecular complexity index is 1880. The van der Waals surface area contributed by atoms with Crippen molar-refractivity contribution < 1.29 is 51.0 Å².